The third-order valence-corrected chi connectivity index (χ3v) is 3.69. The van der Waals surface area contributed by atoms with Gasteiger partial charge in [0.15, 0.2) is 0 Å². The summed E-state index contributed by atoms with van der Waals surface area (Å²) in [7, 11) is 0. The lowest BCUT2D eigenvalue weighted by atomic mass is 10.4. The molecule has 1 aromatic heterocycles. The first-order valence-electron chi connectivity index (χ1n) is 4.61. The molecule has 8 heteroatoms. The van der Waals surface area contributed by atoms with E-state index in [1.54, 1.807) is 6.92 Å². The van der Waals surface area contributed by atoms with E-state index in [1.165, 1.54) is 11.8 Å². The molecule has 0 aliphatic heterocycles. The molecule has 1 aromatic rings. The van der Waals surface area contributed by atoms with Crippen molar-refractivity contribution in [2.45, 2.75) is 18.7 Å². The molecule has 0 spiro atoms. The minimum absolute atomic E-state index is 0.346. The van der Waals surface area contributed by atoms with Crippen molar-refractivity contribution < 1.29 is 9.53 Å². The van der Waals surface area contributed by atoms with Crippen LogP contribution in [0.5, 0.6) is 0 Å². The van der Waals surface area contributed by atoms with Gasteiger partial charge in [-0.15, -0.1) is 5.10 Å². The molecule has 0 saturated carbocycles. The largest absolute Gasteiger partial charge is 0.465 e. The molecule has 1 rings (SSSR count). The summed E-state index contributed by atoms with van der Waals surface area (Å²) in [4.78, 5) is 11.2. The van der Waals surface area contributed by atoms with Crippen molar-refractivity contribution in [2.24, 2.45) is 5.73 Å². The second kappa shape index (κ2) is 7.05. The van der Waals surface area contributed by atoms with Gasteiger partial charge in [-0.2, -0.15) is 11.8 Å². The van der Waals surface area contributed by atoms with Crippen LogP contribution in [0.2, 0.25) is 4.34 Å². The highest BCUT2D eigenvalue weighted by Crippen LogP contribution is 2.22. The maximum Gasteiger partial charge on any atom is 0.323 e. The summed E-state index contributed by atoms with van der Waals surface area (Å²) in [6.45, 7) is 2.09. The molecule has 0 radical (unpaired) electrons. The number of nitrogens with two attached hydrogens (primary N) is 1. The minimum Gasteiger partial charge on any atom is -0.465 e. The van der Waals surface area contributed by atoms with Crippen molar-refractivity contribution in [3.8, 4) is 0 Å². The van der Waals surface area contributed by atoms with Crippen LogP contribution in [0.15, 0.2) is 0 Å². The highest BCUT2D eigenvalue weighted by Gasteiger charge is 2.15. The number of carbonyl (C=O) groups excluding carboxylic acids is 1. The topological polar surface area (TPSA) is 78.1 Å². The van der Waals surface area contributed by atoms with E-state index in [0.29, 0.717) is 22.4 Å². The first kappa shape index (κ1) is 13.7. The van der Waals surface area contributed by atoms with E-state index >= 15 is 0 Å². The molecule has 16 heavy (non-hydrogen) atoms. The molecule has 0 aliphatic rings. The molecule has 1 heterocycles. The first-order chi connectivity index (χ1) is 7.65. The van der Waals surface area contributed by atoms with Gasteiger partial charge in [0.2, 0.25) is 0 Å². The fourth-order valence-corrected chi connectivity index (χ4v) is 2.58. The Bertz CT molecular complexity index is 348. The molecule has 0 amide bonds. The van der Waals surface area contributed by atoms with E-state index in [2.05, 4.69) is 9.59 Å². The highest BCUT2D eigenvalue weighted by atomic mass is 35.5. The van der Waals surface area contributed by atoms with Gasteiger partial charge in [-0.05, 0) is 6.92 Å². The third kappa shape index (κ3) is 4.25. The van der Waals surface area contributed by atoms with Crippen molar-refractivity contribution in [3.05, 3.63) is 10.0 Å². The van der Waals surface area contributed by atoms with Crippen LogP contribution in [0.4, 0.5) is 0 Å². The van der Waals surface area contributed by atoms with E-state index in [1.807, 2.05) is 0 Å². The van der Waals surface area contributed by atoms with Gasteiger partial charge in [-0.25, -0.2) is 0 Å². The van der Waals surface area contributed by atoms with Gasteiger partial charge in [0.25, 0.3) is 0 Å². The van der Waals surface area contributed by atoms with Gasteiger partial charge >= 0.3 is 5.97 Å². The van der Waals surface area contributed by atoms with Crippen LogP contribution in [-0.2, 0) is 15.3 Å². The predicted molar refractivity (Wildman–Crippen MR) is 65.7 cm³/mol. The highest BCUT2D eigenvalue weighted by molar-refractivity contribution is 7.98. The summed E-state index contributed by atoms with van der Waals surface area (Å²) >= 11 is 8.45. The summed E-state index contributed by atoms with van der Waals surface area (Å²) < 4.78 is 9.07. The average molecular weight is 282 g/mol. The zero-order chi connectivity index (χ0) is 12.0. The van der Waals surface area contributed by atoms with Gasteiger partial charge in [-0.3, -0.25) is 4.79 Å². The summed E-state index contributed by atoms with van der Waals surface area (Å²) in [5.74, 6) is 0.701. The Hall–Kier alpha value is -0.370. The number of halogens is 1. The number of hydrogen-bond donors (Lipinski definition) is 1. The van der Waals surface area contributed by atoms with E-state index < -0.39 is 6.04 Å². The minimum atomic E-state index is -0.602. The molecule has 5 nitrogen and oxygen atoms in total. The zero-order valence-corrected chi connectivity index (χ0v) is 11.1. The van der Waals surface area contributed by atoms with Crippen LogP contribution < -0.4 is 5.73 Å². The quantitative estimate of drug-likeness (QED) is 0.792. The van der Waals surface area contributed by atoms with Crippen LogP contribution >= 0.6 is 34.9 Å². The molecule has 2 N–H and O–H groups in total. The lowest BCUT2D eigenvalue weighted by molar-refractivity contribution is -0.144. The fraction of sp³-hybridized carbons (Fsp3) is 0.625. The Morgan fingerprint density at radius 2 is 2.50 bits per heavy atom. The molecule has 0 saturated heterocycles. The fourth-order valence-electron chi connectivity index (χ4n) is 0.883. The Kier molecular flexibility index (Phi) is 6.04. The maximum absolute atomic E-state index is 11.2. The van der Waals surface area contributed by atoms with Crippen LogP contribution in [0, 0.1) is 0 Å². The van der Waals surface area contributed by atoms with Gasteiger partial charge in [0.1, 0.15) is 16.1 Å². The number of rotatable bonds is 6. The molecule has 0 aromatic carbocycles. The number of aromatic nitrogens is 2. The van der Waals surface area contributed by atoms with Gasteiger partial charge < -0.3 is 10.5 Å². The summed E-state index contributed by atoms with van der Waals surface area (Å²) in [5, 5.41) is 3.85. The van der Waals surface area contributed by atoms with Crippen molar-refractivity contribution in [2.75, 3.05) is 12.4 Å². The van der Waals surface area contributed by atoms with Gasteiger partial charge in [-0.1, -0.05) is 16.1 Å². The molecule has 0 fully saturated rings. The molecule has 0 bridgehead atoms. The normalized spacial score (nSPS) is 12.4. The van der Waals surface area contributed by atoms with Gasteiger partial charge in [0.05, 0.1) is 6.61 Å². The predicted octanol–water partition coefficient (Wildman–Crippen LogP) is 1.32. The molecule has 0 aliphatic carbocycles. The molecular formula is C8H12ClN3O2S2. The summed E-state index contributed by atoms with van der Waals surface area (Å²) in [6, 6.07) is -0.602. The van der Waals surface area contributed by atoms with Crippen LogP contribution in [0.1, 0.15) is 12.6 Å². The molecule has 1 atom stereocenters. The number of ether oxygens (including phenoxy) is 1. The molecule has 1 unspecified atom stereocenters. The van der Waals surface area contributed by atoms with Gasteiger partial charge in [0, 0.05) is 23.0 Å². The Balaban J connectivity index is 2.25. The third-order valence-electron chi connectivity index (χ3n) is 1.63. The van der Waals surface area contributed by atoms with E-state index in [0.717, 1.165) is 17.2 Å². The molecule has 90 valence electrons. The number of carbonyl (C=O) groups is 1. The smallest absolute Gasteiger partial charge is 0.323 e. The zero-order valence-electron chi connectivity index (χ0n) is 8.68. The maximum atomic E-state index is 11.2. The number of esters is 1. The SMILES string of the molecule is CCOC(=O)C(N)CSCc1nnsc1Cl. The first-order valence-corrected chi connectivity index (χ1v) is 6.92. The molecular weight excluding hydrogens is 270 g/mol. The number of hydrogen-bond acceptors (Lipinski definition) is 7. The second-order valence-electron chi connectivity index (χ2n) is 2.87. The van der Waals surface area contributed by atoms with Crippen molar-refractivity contribution >= 4 is 40.9 Å². The lowest BCUT2D eigenvalue weighted by Gasteiger charge is -2.09. The van der Waals surface area contributed by atoms with Crippen molar-refractivity contribution in [3.63, 3.8) is 0 Å². The second-order valence-corrected chi connectivity index (χ2v) is 5.25. The van der Waals surface area contributed by atoms with E-state index in [9.17, 15) is 4.79 Å². The summed E-state index contributed by atoms with van der Waals surface area (Å²) in [5.41, 5.74) is 6.35. The van der Waals surface area contributed by atoms with E-state index in [-0.39, 0.29) is 5.97 Å². The van der Waals surface area contributed by atoms with Crippen LogP contribution in [-0.4, -0.2) is 34.0 Å². The monoisotopic (exact) mass is 281 g/mol. The van der Waals surface area contributed by atoms with Crippen LogP contribution in [0.3, 0.4) is 0 Å². The van der Waals surface area contributed by atoms with Crippen LogP contribution in [0.25, 0.3) is 0 Å². The number of nitrogens with zero attached hydrogens (tertiary/aromatic N) is 2. The number of thioether (sulfide) groups is 1. The van der Waals surface area contributed by atoms with Crippen molar-refractivity contribution in [1.29, 1.82) is 0 Å². The standard InChI is InChI=1S/C8H12ClN3O2S2/c1-2-14-8(13)5(10)3-15-4-6-7(9)16-12-11-6/h5H,2-4,10H2,1H3. The van der Waals surface area contributed by atoms with Crippen molar-refractivity contribution in [1.82, 2.24) is 9.59 Å². The summed E-state index contributed by atoms with van der Waals surface area (Å²) in [6.07, 6.45) is 0. The average Bonchev–Trinajstić information content (AvgIpc) is 2.65. The Labute approximate surface area is 107 Å². The van der Waals surface area contributed by atoms with E-state index in [4.69, 9.17) is 22.1 Å². The lowest BCUT2D eigenvalue weighted by Crippen LogP contribution is -2.34. The Morgan fingerprint density at radius 1 is 1.75 bits per heavy atom. The Morgan fingerprint density at radius 3 is 3.06 bits per heavy atom.